The van der Waals surface area contributed by atoms with Crippen LogP contribution in [-0.2, 0) is 13.2 Å². The Morgan fingerprint density at radius 3 is 2.43 bits per heavy atom. The lowest BCUT2D eigenvalue weighted by atomic mass is 9.96. The maximum atomic E-state index is 6.30. The standard InChI is InChI=1S/C24H32BrNO2/c1-18-10-8-9-11-19(18)17-28-24-21(22(25)14-15-23(24)27-2)16-26-20-12-6-4-3-5-7-13-20/h8-11,14-15,20,26H,3-7,12-13,16-17H2,1-2H3. The molecule has 4 heteroatoms. The van der Waals surface area contributed by atoms with Crippen LogP contribution in [-0.4, -0.2) is 13.2 Å². The minimum Gasteiger partial charge on any atom is -0.493 e. The minimum absolute atomic E-state index is 0.538. The highest BCUT2D eigenvalue weighted by Gasteiger charge is 2.17. The number of hydrogen-bond acceptors (Lipinski definition) is 3. The van der Waals surface area contributed by atoms with Crippen molar-refractivity contribution >= 4 is 15.9 Å². The Morgan fingerprint density at radius 1 is 1.00 bits per heavy atom. The van der Waals surface area contributed by atoms with Crippen LogP contribution >= 0.6 is 15.9 Å². The third kappa shape index (κ3) is 5.74. The normalized spacial score (nSPS) is 15.7. The van der Waals surface area contributed by atoms with Gasteiger partial charge in [-0.1, -0.05) is 72.3 Å². The summed E-state index contributed by atoms with van der Waals surface area (Å²) in [5.74, 6) is 1.62. The lowest BCUT2D eigenvalue weighted by Gasteiger charge is -2.23. The monoisotopic (exact) mass is 445 g/mol. The average Bonchev–Trinajstić information content (AvgIpc) is 2.67. The largest absolute Gasteiger partial charge is 0.493 e. The number of hydrogen-bond donors (Lipinski definition) is 1. The van der Waals surface area contributed by atoms with Gasteiger partial charge in [-0.25, -0.2) is 0 Å². The Balaban J connectivity index is 1.74. The van der Waals surface area contributed by atoms with Crippen molar-refractivity contribution in [3.63, 3.8) is 0 Å². The van der Waals surface area contributed by atoms with Gasteiger partial charge in [0.1, 0.15) is 6.61 Å². The van der Waals surface area contributed by atoms with E-state index in [1.54, 1.807) is 7.11 Å². The van der Waals surface area contributed by atoms with E-state index in [2.05, 4.69) is 58.5 Å². The molecule has 2 aromatic carbocycles. The molecule has 1 aliphatic carbocycles. The van der Waals surface area contributed by atoms with Crippen molar-refractivity contribution in [1.29, 1.82) is 0 Å². The molecule has 1 saturated carbocycles. The van der Waals surface area contributed by atoms with E-state index in [4.69, 9.17) is 9.47 Å². The molecule has 0 bridgehead atoms. The van der Waals surface area contributed by atoms with Crippen LogP contribution in [0.15, 0.2) is 40.9 Å². The molecule has 0 amide bonds. The quantitative estimate of drug-likeness (QED) is 0.523. The number of aryl methyl sites for hydroxylation is 1. The van der Waals surface area contributed by atoms with Gasteiger partial charge >= 0.3 is 0 Å². The van der Waals surface area contributed by atoms with E-state index in [1.165, 1.54) is 56.1 Å². The lowest BCUT2D eigenvalue weighted by Crippen LogP contribution is -2.29. The van der Waals surface area contributed by atoms with E-state index in [1.807, 2.05) is 6.07 Å². The topological polar surface area (TPSA) is 30.5 Å². The summed E-state index contributed by atoms with van der Waals surface area (Å²) in [5, 5.41) is 3.78. The average molecular weight is 446 g/mol. The van der Waals surface area contributed by atoms with Gasteiger partial charge in [0.2, 0.25) is 0 Å². The molecule has 0 aromatic heterocycles. The van der Waals surface area contributed by atoms with Crippen LogP contribution in [0.3, 0.4) is 0 Å². The van der Waals surface area contributed by atoms with E-state index >= 15 is 0 Å². The van der Waals surface area contributed by atoms with Crippen molar-refractivity contribution in [1.82, 2.24) is 5.32 Å². The van der Waals surface area contributed by atoms with Crippen molar-refractivity contribution in [3.8, 4) is 11.5 Å². The molecule has 3 rings (SSSR count). The number of benzene rings is 2. The second-order valence-electron chi connectivity index (χ2n) is 7.70. The predicted octanol–water partition coefficient (Wildman–Crippen LogP) is 6.55. The SMILES string of the molecule is COc1ccc(Br)c(CNC2CCCCCCC2)c1OCc1ccccc1C. The molecule has 1 N–H and O–H groups in total. The molecule has 0 unspecified atom stereocenters. The fourth-order valence-electron chi connectivity index (χ4n) is 3.89. The molecule has 0 saturated heterocycles. The highest BCUT2D eigenvalue weighted by molar-refractivity contribution is 9.10. The number of halogens is 1. The summed E-state index contributed by atoms with van der Waals surface area (Å²) in [4.78, 5) is 0. The van der Waals surface area contributed by atoms with Gasteiger partial charge < -0.3 is 14.8 Å². The second-order valence-corrected chi connectivity index (χ2v) is 8.55. The third-order valence-corrected chi connectivity index (χ3v) is 6.44. The molecule has 3 nitrogen and oxygen atoms in total. The molecule has 0 radical (unpaired) electrons. The molecule has 1 aliphatic rings. The van der Waals surface area contributed by atoms with Gasteiger partial charge in [0, 0.05) is 22.6 Å². The second kappa shape index (κ2) is 10.9. The van der Waals surface area contributed by atoms with Crippen LogP contribution in [0.4, 0.5) is 0 Å². The first-order valence-corrected chi connectivity index (χ1v) is 11.2. The number of nitrogens with one attached hydrogen (secondary N) is 1. The summed E-state index contributed by atoms with van der Waals surface area (Å²) >= 11 is 3.73. The van der Waals surface area contributed by atoms with E-state index in [-0.39, 0.29) is 0 Å². The van der Waals surface area contributed by atoms with E-state index in [0.29, 0.717) is 12.6 Å². The maximum absolute atomic E-state index is 6.30. The molecule has 0 spiro atoms. The zero-order chi connectivity index (χ0) is 19.8. The van der Waals surface area contributed by atoms with E-state index in [0.717, 1.165) is 28.1 Å². The summed E-state index contributed by atoms with van der Waals surface area (Å²) in [5.41, 5.74) is 3.57. The highest BCUT2D eigenvalue weighted by Crippen LogP contribution is 2.37. The first kappa shape index (κ1) is 21.2. The molecule has 0 aliphatic heterocycles. The summed E-state index contributed by atoms with van der Waals surface area (Å²) in [6.07, 6.45) is 9.31. The molecule has 0 atom stereocenters. The molecule has 152 valence electrons. The molecule has 1 fully saturated rings. The zero-order valence-corrected chi connectivity index (χ0v) is 18.7. The number of methoxy groups -OCH3 is 1. The van der Waals surface area contributed by atoms with Crippen molar-refractivity contribution in [3.05, 3.63) is 57.6 Å². The molecular weight excluding hydrogens is 414 g/mol. The molecule has 28 heavy (non-hydrogen) atoms. The summed E-state index contributed by atoms with van der Waals surface area (Å²) in [6.45, 7) is 3.44. The van der Waals surface area contributed by atoms with E-state index in [9.17, 15) is 0 Å². The zero-order valence-electron chi connectivity index (χ0n) is 17.1. The van der Waals surface area contributed by atoms with Gasteiger partial charge in [-0.05, 0) is 43.0 Å². The molecular formula is C24H32BrNO2. The molecule has 0 heterocycles. The Morgan fingerprint density at radius 2 is 1.71 bits per heavy atom. The van der Waals surface area contributed by atoms with Gasteiger partial charge in [0.05, 0.1) is 7.11 Å². The highest BCUT2D eigenvalue weighted by atomic mass is 79.9. The fraction of sp³-hybridized carbons (Fsp3) is 0.500. The van der Waals surface area contributed by atoms with E-state index < -0.39 is 0 Å². The Kier molecular flexibility index (Phi) is 8.23. The van der Waals surface area contributed by atoms with Crippen LogP contribution in [0.25, 0.3) is 0 Å². The smallest absolute Gasteiger partial charge is 0.167 e. The first-order valence-electron chi connectivity index (χ1n) is 10.4. The van der Waals surface area contributed by atoms with Crippen molar-refractivity contribution in [2.24, 2.45) is 0 Å². The van der Waals surface area contributed by atoms with Gasteiger partial charge in [-0.3, -0.25) is 0 Å². The lowest BCUT2D eigenvalue weighted by molar-refractivity contribution is 0.278. The Hall–Kier alpha value is -1.52. The first-order chi connectivity index (χ1) is 13.7. The number of ether oxygens (including phenoxy) is 2. The van der Waals surface area contributed by atoms with Crippen LogP contribution in [0.5, 0.6) is 11.5 Å². The van der Waals surface area contributed by atoms with Gasteiger partial charge in [0.15, 0.2) is 11.5 Å². The molecule has 2 aromatic rings. The van der Waals surface area contributed by atoms with Crippen LogP contribution in [0.1, 0.15) is 61.6 Å². The minimum atomic E-state index is 0.538. The van der Waals surface area contributed by atoms with Crippen molar-refractivity contribution in [2.45, 2.75) is 71.1 Å². The Bertz CT molecular complexity index is 754. The van der Waals surface area contributed by atoms with Gasteiger partial charge in [-0.15, -0.1) is 0 Å². The van der Waals surface area contributed by atoms with Gasteiger partial charge in [0.25, 0.3) is 0 Å². The summed E-state index contributed by atoms with van der Waals surface area (Å²) < 4.78 is 13.0. The van der Waals surface area contributed by atoms with Crippen LogP contribution in [0.2, 0.25) is 0 Å². The number of rotatable bonds is 7. The van der Waals surface area contributed by atoms with Gasteiger partial charge in [-0.2, -0.15) is 0 Å². The predicted molar refractivity (Wildman–Crippen MR) is 119 cm³/mol. The van der Waals surface area contributed by atoms with Crippen LogP contribution in [0, 0.1) is 6.92 Å². The fourth-order valence-corrected chi connectivity index (χ4v) is 4.35. The summed E-state index contributed by atoms with van der Waals surface area (Å²) in [6, 6.07) is 13.0. The maximum Gasteiger partial charge on any atom is 0.167 e. The van der Waals surface area contributed by atoms with Crippen molar-refractivity contribution < 1.29 is 9.47 Å². The Labute approximate surface area is 178 Å². The summed E-state index contributed by atoms with van der Waals surface area (Å²) in [7, 11) is 1.70. The van der Waals surface area contributed by atoms with Crippen LogP contribution < -0.4 is 14.8 Å². The third-order valence-electron chi connectivity index (χ3n) is 5.69. The van der Waals surface area contributed by atoms with Crippen molar-refractivity contribution in [2.75, 3.05) is 7.11 Å².